The monoisotopic (exact) mass is 407 g/mol. The number of anilines is 2. The van der Waals surface area contributed by atoms with Crippen LogP contribution >= 0.6 is 11.3 Å². The Morgan fingerprint density at radius 1 is 1.21 bits per heavy atom. The lowest BCUT2D eigenvalue weighted by molar-refractivity contribution is -0.124. The number of carbonyl (C=O) groups is 2. The van der Waals surface area contributed by atoms with E-state index in [0.717, 1.165) is 35.2 Å². The largest absolute Gasteiger partial charge is 0.376 e. The van der Waals surface area contributed by atoms with Gasteiger partial charge < -0.3 is 10.1 Å². The third kappa shape index (κ3) is 3.52. The van der Waals surface area contributed by atoms with E-state index in [1.165, 1.54) is 11.3 Å². The van der Waals surface area contributed by atoms with Crippen molar-refractivity contribution in [3.63, 3.8) is 0 Å². The molecule has 0 spiro atoms. The second-order valence-corrected chi connectivity index (χ2v) is 8.45. The van der Waals surface area contributed by atoms with Crippen LogP contribution in [0.1, 0.15) is 30.7 Å². The van der Waals surface area contributed by atoms with Crippen LogP contribution in [0.5, 0.6) is 0 Å². The van der Waals surface area contributed by atoms with Crippen LogP contribution in [0.25, 0.3) is 10.2 Å². The van der Waals surface area contributed by atoms with E-state index in [0.29, 0.717) is 17.4 Å². The van der Waals surface area contributed by atoms with Crippen molar-refractivity contribution in [2.75, 3.05) is 23.4 Å². The zero-order chi connectivity index (χ0) is 19.8. The molecular formula is C22H21N3O3S. The number of nitrogens with one attached hydrogen (secondary N) is 1. The van der Waals surface area contributed by atoms with Crippen molar-refractivity contribution in [2.45, 2.75) is 31.3 Å². The van der Waals surface area contributed by atoms with Gasteiger partial charge >= 0.3 is 0 Å². The van der Waals surface area contributed by atoms with Gasteiger partial charge in [-0.05, 0) is 36.6 Å². The summed E-state index contributed by atoms with van der Waals surface area (Å²) >= 11 is 1.50. The molecule has 0 radical (unpaired) electrons. The van der Waals surface area contributed by atoms with E-state index in [4.69, 9.17) is 9.72 Å². The molecule has 1 saturated heterocycles. The lowest BCUT2D eigenvalue weighted by Crippen LogP contribution is -2.42. The molecule has 148 valence electrons. The Kier molecular flexibility index (Phi) is 4.77. The van der Waals surface area contributed by atoms with Crippen LogP contribution in [0.3, 0.4) is 0 Å². The summed E-state index contributed by atoms with van der Waals surface area (Å²) in [4.78, 5) is 32.4. The average molecular weight is 407 g/mol. The van der Waals surface area contributed by atoms with Gasteiger partial charge in [-0.25, -0.2) is 4.98 Å². The van der Waals surface area contributed by atoms with Gasteiger partial charge in [0.1, 0.15) is 0 Å². The predicted octanol–water partition coefficient (Wildman–Crippen LogP) is 3.93. The Bertz CT molecular complexity index is 1040. The fraction of sp³-hybridized carbons (Fsp3) is 0.318. The molecule has 29 heavy (non-hydrogen) atoms. The summed E-state index contributed by atoms with van der Waals surface area (Å²) in [5, 5.41) is 3.53. The summed E-state index contributed by atoms with van der Waals surface area (Å²) in [6.45, 7) is 1.18. The first-order chi connectivity index (χ1) is 14.2. The third-order valence-corrected chi connectivity index (χ3v) is 6.55. The van der Waals surface area contributed by atoms with Gasteiger partial charge in [-0.3, -0.25) is 14.5 Å². The average Bonchev–Trinajstić information content (AvgIpc) is 3.40. The molecule has 0 bridgehead atoms. The van der Waals surface area contributed by atoms with Crippen LogP contribution in [0.2, 0.25) is 0 Å². The highest BCUT2D eigenvalue weighted by molar-refractivity contribution is 7.22. The van der Waals surface area contributed by atoms with Crippen LogP contribution in [0, 0.1) is 0 Å². The van der Waals surface area contributed by atoms with Gasteiger partial charge in [-0.1, -0.05) is 41.7 Å². The number of nitrogens with zero attached hydrogens (tertiary/aromatic N) is 2. The van der Waals surface area contributed by atoms with E-state index < -0.39 is 5.92 Å². The number of fused-ring (bicyclic) bond motifs is 2. The van der Waals surface area contributed by atoms with E-state index in [-0.39, 0.29) is 24.3 Å². The number of hydrogen-bond acceptors (Lipinski definition) is 5. The van der Waals surface area contributed by atoms with Crippen molar-refractivity contribution in [3.8, 4) is 0 Å². The van der Waals surface area contributed by atoms with Crippen LogP contribution < -0.4 is 10.2 Å². The van der Waals surface area contributed by atoms with Crippen LogP contribution in [-0.2, 0) is 14.3 Å². The molecule has 5 rings (SSSR count). The maximum absolute atomic E-state index is 13.7. The molecule has 2 aliphatic heterocycles. The quantitative estimate of drug-likeness (QED) is 0.711. The number of aromatic nitrogens is 1. The summed E-state index contributed by atoms with van der Waals surface area (Å²) < 4.78 is 6.85. The first kappa shape index (κ1) is 18.3. The zero-order valence-electron chi connectivity index (χ0n) is 15.8. The molecule has 2 unspecified atom stereocenters. The third-order valence-electron chi connectivity index (χ3n) is 5.49. The normalized spacial score (nSPS) is 21.0. The predicted molar refractivity (Wildman–Crippen MR) is 113 cm³/mol. The molecule has 2 aromatic carbocycles. The molecule has 2 amide bonds. The number of thiazole rings is 1. The van der Waals surface area contributed by atoms with Crippen molar-refractivity contribution in [1.29, 1.82) is 0 Å². The minimum absolute atomic E-state index is 0.00127. The number of para-hydroxylation sites is 2. The molecular weight excluding hydrogens is 386 g/mol. The summed E-state index contributed by atoms with van der Waals surface area (Å²) in [6.07, 6.45) is 2.07. The number of rotatable bonds is 4. The fourth-order valence-electron chi connectivity index (χ4n) is 4.05. The molecule has 3 aromatic rings. The Morgan fingerprint density at radius 3 is 2.86 bits per heavy atom. The van der Waals surface area contributed by atoms with E-state index in [9.17, 15) is 9.59 Å². The van der Waals surface area contributed by atoms with Crippen molar-refractivity contribution >= 4 is 44.2 Å². The van der Waals surface area contributed by atoms with Crippen molar-refractivity contribution in [1.82, 2.24) is 4.98 Å². The standard InChI is InChI=1S/C22H21N3O3S/c26-20-12-16(15-7-1-2-8-17(15)23-20)21(27)25(13-14-6-5-11-28-14)22-24-18-9-3-4-10-19(18)29-22/h1-4,7-10,14,16H,5-6,11-13H2,(H,23,26). The van der Waals surface area contributed by atoms with E-state index in [1.54, 1.807) is 4.90 Å². The summed E-state index contributed by atoms with van der Waals surface area (Å²) in [5.74, 6) is -0.751. The minimum atomic E-state index is -0.520. The smallest absolute Gasteiger partial charge is 0.237 e. The molecule has 1 fully saturated rings. The second kappa shape index (κ2) is 7.57. The molecule has 3 heterocycles. The number of amides is 2. The topological polar surface area (TPSA) is 71.5 Å². The fourth-order valence-corrected chi connectivity index (χ4v) is 5.03. The SMILES string of the molecule is O=C1CC(C(=O)N(CC2CCCO2)c2nc3ccccc3s2)c2ccccc2N1. The summed E-state index contributed by atoms with van der Waals surface area (Å²) in [5.41, 5.74) is 2.44. The summed E-state index contributed by atoms with van der Waals surface area (Å²) in [7, 11) is 0. The maximum Gasteiger partial charge on any atom is 0.237 e. The van der Waals surface area contributed by atoms with Gasteiger partial charge in [-0.15, -0.1) is 0 Å². The summed E-state index contributed by atoms with van der Waals surface area (Å²) in [6, 6.07) is 15.4. The Hall–Kier alpha value is -2.77. The second-order valence-electron chi connectivity index (χ2n) is 7.44. The van der Waals surface area contributed by atoms with Crippen LogP contribution in [0.15, 0.2) is 48.5 Å². The molecule has 1 aromatic heterocycles. The molecule has 1 N–H and O–H groups in total. The Balaban J connectivity index is 1.53. The number of carbonyl (C=O) groups excluding carboxylic acids is 2. The molecule has 7 heteroatoms. The Labute approximate surface area is 172 Å². The molecule has 6 nitrogen and oxygen atoms in total. The molecule has 0 saturated carbocycles. The highest BCUT2D eigenvalue weighted by Gasteiger charge is 2.36. The van der Waals surface area contributed by atoms with Crippen molar-refractivity contribution < 1.29 is 14.3 Å². The van der Waals surface area contributed by atoms with Gasteiger partial charge in [-0.2, -0.15) is 0 Å². The van der Waals surface area contributed by atoms with Gasteiger partial charge in [0.2, 0.25) is 11.8 Å². The highest BCUT2D eigenvalue weighted by atomic mass is 32.1. The number of hydrogen-bond donors (Lipinski definition) is 1. The van der Waals surface area contributed by atoms with Gasteiger partial charge in [0.15, 0.2) is 5.13 Å². The molecule has 2 aliphatic rings. The number of ether oxygens (including phenoxy) is 1. The van der Waals surface area contributed by atoms with Gasteiger partial charge in [0.05, 0.1) is 28.8 Å². The Morgan fingerprint density at radius 2 is 2.03 bits per heavy atom. The lowest BCUT2D eigenvalue weighted by Gasteiger charge is -2.30. The van der Waals surface area contributed by atoms with Gasteiger partial charge in [0, 0.05) is 18.7 Å². The van der Waals surface area contributed by atoms with Crippen LogP contribution in [0.4, 0.5) is 10.8 Å². The lowest BCUT2D eigenvalue weighted by atomic mass is 9.89. The minimum Gasteiger partial charge on any atom is -0.376 e. The van der Waals surface area contributed by atoms with E-state index in [2.05, 4.69) is 5.32 Å². The highest BCUT2D eigenvalue weighted by Crippen LogP contribution is 2.37. The zero-order valence-corrected chi connectivity index (χ0v) is 16.7. The number of benzene rings is 2. The van der Waals surface area contributed by atoms with Crippen LogP contribution in [-0.4, -0.2) is 36.1 Å². The van der Waals surface area contributed by atoms with E-state index in [1.807, 2.05) is 48.5 Å². The van der Waals surface area contributed by atoms with Gasteiger partial charge in [0.25, 0.3) is 0 Å². The first-order valence-electron chi connectivity index (χ1n) is 9.86. The molecule has 2 atom stereocenters. The van der Waals surface area contributed by atoms with Crippen molar-refractivity contribution in [2.24, 2.45) is 0 Å². The molecule has 0 aliphatic carbocycles. The maximum atomic E-state index is 13.7. The van der Waals surface area contributed by atoms with Crippen molar-refractivity contribution in [3.05, 3.63) is 54.1 Å². The van der Waals surface area contributed by atoms with E-state index >= 15 is 0 Å². The first-order valence-corrected chi connectivity index (χ1v) is 10.7.